The number of rotatable bonds is 1. The molecule has 3 N–H and O–H groups in total. The summed E-state index contributed by atoms with van der Waals surface area (Å²) in [6, 6.07) is -0.582. The standard InChI is InChI=1S/C6H11FN2O2/c7-4-1-2-8-3-5(4)9-6(10)11/h4-5,8-9H,1-3H2,(H,10,11). The molecule has 0 radical (unpaired) electrons. The molecule has 0 spiro atoms. The van der Waals surface area contributed by atoms with Crippen LogP contribution in [0.4, 0.5) is 9.18 Å². The second-order valence-corrected chi connectivity index (χ2v) is 2.56. The van der Waals surface area contributed by atoms with E-state index >= 15 is 0 Å². The van der Waals surface area contributed by atoms with Gasteiger partial charge in [0.15, 0.2) is 0 Å². The van der Waals surface area contributed by atoms with Crippen molar-refractivity contribution in [3.8, 4) is 0 Å². The molecule has 1 aliphatic heterocycles. The van der Waals surface area contributed by atoms with Crippen LogP contribution in [0.3, 0.4) is 0 Å². The maximum Gasteiger partial charge on any atom is 0.405 e. The zero-order valence-electron chi connectivity index (χ0n) is 6.01. The molecular formula is C6H11FN2O2. The first kappa shape index (κ1) is 8.26. The van der Waals surface area contributed by atoms with Gasteiger partial charge in [0.25, 0.3) is 0 Å². The SMILES string of the molecule is O=C(O)NC1CNCCC1F. The van der Waals surface area contributed by atoms with E-state index < -0.39 is 18.3 Å². The summed E-state index contributed by atoms with van der Waals surface area (Å²) in [6.45, 7) is 1.01. The van der Waals surface area contributed by atoms with Crippen molar-refractivity contribution in [2.75, 3.05) is 13.1 Å². The van der Waals surface area contributed by atoms with E-state index in [4.69, 9.17) is 5.11 Å². The van der Waals surface area contributed by atoms with Crippen LogP contribution in [0.1, 0.15) is 6.42 Å². The van der Waals surface area contributed by atoms with E-state index in [1.54, 1.807) is 0 Å². The van der Waals surface area contributed by atoms with Gasteiger partial charge < -0.3 is 15.7 Å². The number of hydrogen-bond donors (Lipinski definition) is 3. The summed E-state index contributed by atoms with van der Waals surface area (Å²) in [5, 5.41) is 13.3. The van der Waals surface area contributed by atoms with E-state index in [1.807, 2.05) is 0 Å². The summed E-state index contributed by atoms with van der Waals surface area (Å²) in [5.41, 5.74) is 0. The average molecular weight is 162 g/mol. The Balaban J connectivity index is 2.35. The molecule has 1 fully saturated rings. The highest BCUT2D eigenvalue weighted by Crippen LogP contribution is 2.07. The second-order valence-electron chi connectivity index (χ2n) is 2.56. The Morgan fingerprint density at radius 3 is 3.00 bits per heavy atom. The normalized spacial score (nSPS) is 31.4. The van der Waals surface area contributed by atoms with Gasteiger partial charge >= 0.3 is 6.09 Å². The van der Waals surface area contributed by atoms with Crippen molar-refractivity contribution < 1.29 is 14.3 Å². The average Bonchev–Trinajstić information content (AvgIpc) is 1.93. The minimum atomic E-state index is -1.17. The number of halogens is 1. The quantitative estimate of drug-likeness (QED) is 0.506. The molecule has 4 nitrogen and oxygen atoms in total. The van der Waals surface area contributed by atoms with Crippen molar-refractivity contribution in [1.82, 2.24) is 10.6 Å². The molecule has 0 aromatic rings. The number of alkyl halides is 1. The van der Waals surface area contributed by atoms with Crippen molar-refractivity contribution in [1.29, 1.82) is 0 Å². The fourth-order valence-corrected chi connectivity index (χ4v) is 1.13. The lowest BCUT2D eigenvalue weighted by Gasteiger charge is -2.26. The zero-order chi connectivity index (χ0) is 8.27. The van der Waals surface area contributed by atoms with E-state index in [1.165, 1.54) is 0 Å². The van der Waals surface area contributed by atoms with Crippen LogP contribution >= 0.6 is 0 Å². The van der Waals surface area contributed by atoms with Crippen molar-refractivity contribution in [3.05, 3.63) is 0 Å². The molecule has 2 unspecified atom stereocenters. The fourth-order valence-electron chi connectivity index (χ4n) is 1.13. The highest BCUT2D eigenvalue weighted by atomic mass is 19.1. The van der Waals surface area contributed by atoms with Crippen LogP contribution in [0.25, 0.3) is 0 Å². The van der Waals surface area contributed by atoms with Crippen LogP contribution in [-0.4, -0.2) is 36.5 Å². The third-order valence-electron chi connectivity index (χ3n) is 1.71. The first-order chi connectivity index (χ1) is 5.20. The number of amides is 1. The molecule has 5 heteroatoms. The maximum absolute atomic E-state index is 12.8. The maximum atomic E-state index is 12.8. The minimum absolute atomic E-state index is 0.380. The summed E-state index contributed by atoms with van der Waals surface area (Å²) in [4.78, 5) is 10.1. The molecule has 0 saturated carbocycles. The molecule has 0 aromatic carbocycles. The van der Waals surface area contributed by atoms with Crippen LogP contribution in [0.2, 0.25) is 0 Å². The third kappa shape index (κ3) is 2.34. The molecule has 1 amide bonds. The van der Waals surface area contributed by atoms with Crippen LogP contribution in [0, 0.1) is 0 Å². The molecule has 2 atom stereocenters. The molecule has 1 heterocycles. The van der Waals surface area contributed by atoms with Gasteiger partial charge in [0.05, 0.1) is 6.04 Å². The van der Waals surface area contributed by atoms with E-state index in [9.17, 15) is 9.18 Å². The van der Waals surface area contributed by atoms with Gasteiger partial charge in [-0.15, -0.1) is 0 Å². The molecule has 1 saturated heterocycles. The molecule has 1 rings (SSSR count). The number of hydrogen-bond acceptors (Lipinski definition) is 2. The van der Waals surface area contributed by atoms with Gasteiger partial charge in [-0.05, 0) is 13.0 Å². The van der Waals surface area contributed by atoms with Crippen LogP contribution in [0.15, 0.2) is 0 Å². The lowest BCUT2D eigenvalue weighted by atomic mass is 10.1. The highest BCUT2D eigenvalue weighted by molar-refractivity contribution is 5.65. The summed E-state index contributed by atoms with van der Waals surface area (Å²) in [7, 11) is 0. The Hall–Kier alpha value is -0.840. The number of piperidine rings is 1. The first-order valence-electron chi connectivity index (χ1n) is 3.54. The van der Waals surface area contributed by atoms with Gasteiger partial charge in [0.2, 0.25) is 0 Å². The molecule has 1 aliphatic rings. The van der Waals surface area contributed by atoms with Crippen molar-refractivity contribution in [2.24, 2.45) is 0 Å². The summed E-state index contributed by atoms with van der Waals surface area (Å²) >= 11 is 0. The Bertz CT molecular complexity index is 154. The van der Waals surface area contributed by atoms with Gasteiger partial charge in [-0.25, -0.2) is 9.18 Å². The van der Waals surface area contributed by atoms with Gasteiger partial charge in [-0.1, -0.05) is 0 Å². The van der Waals surface area contributed by atoms with E-state index in [0.29, 0.717) is 19.5 Å². The molecule has 0 aromatic heterocycles. The third-order valence-corrected chi connectivity index (χ3v) is 1.71. The van der Waals surface area contributed by atoms with Gasteiger partial charge in [-0.3, -0.25) is 0 Å². The summed E-state index contributed by atoms with van der Waals surface area (Å²) < 4.78 is 12.8. The molecule has 0 bridgehead atoms. The number of carbonyl (C=O) groups is 1. The fraction of sp³-hybridized carbons (Fsp3) is 0.833. The van der Waals surface area contributed by atoms with Crippen LogP contribution in [-0.2, 0) is 0 Å². The van der Waals surface area contributed by atoms with Gasteiger partial charge in [0.1, 0.15) is 6.17 Å². The summed E-state index contributed by atoms with van der Waals surface area (Å²) in [5.74, 6) is 0. The smallest absolute Gasteiger partial charge is 0.405 e. The van der Waals surface area contributed by atoms with E-state index in [2.05, 4.69) is 10.6 Å². The van der Waals surface area contributed by atoms with Crippen molar-refractivity contribution >= 4 is 6.09 Å². The Labute approximate surface area is 63.8 Å². The van der Waals surface area contributed by atoms with Gasteiger partial charge in [-0.2, -0.15) is 0 Å². The predicted molar refractivity (Wildman–Crippen MR) is 37.3 cm³/mol. The largest absolute Gasteiger partial charge is 0.465 e. The lowest BCUT2D eigenvalue weighted by molar-refractivity contribution is 0.162. The van der Waals surface area contributed by atoms with Crippen LogP contribution < -0.4 is 10.6 Å². The molecular weight excluding hydrogens is 151 g/mol. The first-order valence-corrected chi connectivity index (χ1v) is 3.54. The Morgan fingerprint density at radius 2 is 2.45 bits per heavy atom. The monoisotopic (exact) mass is 162 g/mol. The molecule has 0 aliphatic carbocycles. The van der Waals surface area contributed by atoms with Crippen LogP contribution in [0.5, 0.6) is 0 Å². The van der Waals surface area contributed by atoms with Crippen molar-refractivity contribution in [2.45, 2.75) is 18.6 Å². The topological polar surface area (TPSA) is 61.4 Å². The number of carboxylic acid groups (broad SMARTS) is 1. The predicted octanol–water partition coefficient (Wildman–Crippen LogP) is -0.0460. The van der Waals surface area contributed by atoms with Crippen molar-refractivity contribution in [3.63, 3.8) is 0 Å². The van der Waals surface area contributed by atoms with Gasteiger partial charge in [0, 0.05) is 6.54 Å². The van der Waals surface area contributed by atoms with E-state index in [-0.39, 0.29) is 0 Å². The highest BCUT2D eigenvalue weighted by Gasteiger charge is 2.25. The zero-order valence-corrected chi connectivity index (χ0v) is 6.01. The Kier molecular flexibility index (Phi) is 2.64. The minimum Gasteiger partial charge on any atom is -0.465 e. The Morgan fingerprint density at radius 1 is 1.73 bits per heavy atom. The van der Waals surface area contributed by atoms with E-state index in [0.717, 1.165) is 0 Å². The lowest BCUT2D eigenvalue weighted by Crippen LogP contribution is -2.51. The second kappa shape index (κ2) is 3.52. The summed E-state index contributed by atoms with van der Waals surface area (Å²) in [6.07, 6.45) is -1.83. The number of nitrogens with one attached hydrogen (secondary N) is 2. The molecule has 64 valence electrons. The molecule has 11 heavy (non-hydrogen) atoms.